The van der Waals surface area contributed by atoms with Gasteiger partial charge in [0.05, 0.1) is 0 Å². The summed E-state index contributed by atoms with van der Waals surface area (Å²) in [6, 6.07) is 19.0. The monoisotopic (exact) mass is 322 g/mol. The van der Waals surface area contributed by atoms with Crippen molar-refractivity contribution in [2.24, 2.45) is 0 Å². The molecule has 0 heterocycles. The molecule has 0 bridgehead atoms. The second-order valence-electron chi connectivity index (χ2n) is 6.98. The third-order valence-corrected chi connectivity index (χ3v) is 4.96. The van der Waals surface area contributed by atoms with Crippen LogP contribution in [0.25, 0.3) is 0 Å². The largest absolute Gasteiger partial charge is 0.378 e. The Bertz CT molecular complexity index is 673. The van der Waals surface area contributed by atoms with E-state index in [4.69, 9.17) is 0 Å². The lowest BCUT2D eigenvalue weighted by molar-refractivity contribution is -0.121. The van der Waals surface area contributed by atoms with E-state index in [1.807, 2.05) is 20.2 Å². The fraction of sp³-hybridized carbons (Fsp3) is 0.381. The van der Waals surface area contributed by atoms with Gasteiger partial charge in [-0.05, 0) is 42.5 Å². The van der Waals surface area contributed by atoms with Crippen LogP contribution in [0.5, 0.6) is 0 Å². The van der Waals surface area contributed by atoms with Crippen LogP contribution in [-0.2, 0) is 16.6 Å². The number of amides is 1. The lowest BCUT2D eigenvalue weighted by Gasteiger charge is -2.16. The zero-order valence-corrected chi connectivity index (χ0v) is 14.6. The summed E-state index contributed by atoms with van der Waals surface area (Å²) in [6.07, 6.45) is 3.68. The summed E-state index contributed by atoms with van der Waals surface area (Å²) in [5, 5.41) is 3.14. The smallest absolute Gasteiger partial charge is 0.220 e. The molecule has 2 aromatic carbocycles. The quantitative estimate of drug-likeness (QED) is 0.846. The minimum atomic E-state index is 0.147. The molecule has 0 atom stereocenters. The molecule has 1 saturated carbocycles. The first-order valence-electron chi connectivity index (χ1n) is 8.68. The van der Waals surface area contributed by atoms with E-state index in [0.29, 0.717) is 6.42 Å². The number of anilines is 1. The zero-order valence-electron chi connectivity index (χ0n) is 14.6. The van der Waals surface area contributed by atoms with E-state index in [1.165, 1.54) is 29.7 Å². The van der Waals surface area contributed by atoms with E-state index in [0.717, 1.165) is 13.0 Å². The first kappa shape index (κ1) is 16.6. The van der Waals surface area contributed by atoms with E-state index in [2.05, 4.69) is 58.7 Å². The summed E-state index contributed by atoms with van der Waals surface area (Å²) in [7, 11) is 4.06. The number of nitrogens with zero attached hydrogens (tertiary/aromatic N) is 1. The Balaban J connectivity index is 1.46. The van der Waals surface area contributed by atoms with Crippen molar-refractivity contribution in [2.45, 2.75) is 31.1 Å². The third kappa shape index (κ3) is 3.97. The van der Waals surface area contributed by atoms with Gasteiger partial charge < -0.3 is 10.2 Å². The van der Waals surface area contributed by atoms with Gasteiger partial charge in [-0.15, -0.1) is 0 Å². The first-order chi connectivity index (χ1) is 11.6. The van der Waals surface area contributed by atoms with Gasteiger partial charge in [-0.2, -0.15) is 0 Å². The summed E-state index contributed by atoms with van der Waals surface area (Å²) in [5.74, 6) is 0.147. The van der Waals surface area contributed by atoms with Crippen molar-refractivity contribution in [3.63, 3.8) is 0 Å². The van der Waals surface area contributed by atoms with Crippen molar-refractivity contribution >= 4 is 11.6 Å². The Morgan fingerprint density at radius 1 is 1.04 bits per heavy atom. The third-order valence-electron chi connectivity index (χ3n) is 4.96. The highest BCUT2D eigenvalue weighted by Gasteiger charge is 2.44. The Kier molecular flexibility index (Phi) is 4.89. The molecule has 126 valence electrons. The molecule has 0 saturated heterocycles. The predicted molar refractivity (Wildman–Crippen MR) is 99.5 cm³/mol. The van der Waals surface area contributed by atoms with Gasteiger partial charge in [0.25, 0.3) is 0 Å². The molecule has 0 unspecified atom stereocenters. The van der Waals surface area contributed by atoms with Gasteiger partial charge in [0, 0.05) is 38.2 Å². The molecule has 24 heavy (non-hydrogen) atoms. The highest BCUT2D eigenvalue weighted by molar-refractivity contribution is 5.76. The van der Waals surface area contributed by atoms with Crippen molar-refractivity contribution in [1.29, 1.82) is 0 Å². The molecule has 0 aliphatic heterocycles. The molecule has 3 nitrogen and oxygen atoms in total. The molecule has 0 radical (unpaired) electrons. The highest BCUT2D eigenvalue weighted by atomic mass is 16.1. The van der Waals surface area contributed by atoms with Crippen molar-refractivity contribution in [2.75, 3.05) is 25.5 Å². The molecule has 0 aromatic heterocycles. The van der Waals surface area contributed by atoms with Crippen LogP contribution in [0.1, 0.15) is 30.4 Å². The van der Waals surface area contributed by atoms with Crippen LogP contribution < -0.4 is 10.2 Å². The number of aryl methyl sites for hydroxylation is 1. The highest BCUT2D eigenvalue weighted by Crippen LogP contribution is 2.47. The average Bonchev–Trinajstić information content (AvgIpc) is 3.40. The molecule has 2 aromatic rings. The second-order valence-corrected chi connectivity index (χ2v) is 6.98. The van der Waals surface area contributed by atoms with Crippen LogP contribution in [0.4, 0.5) is 5.69 Å². The maximum atomic E-state index is 12.2. The second kappa shape index (κ2) is 7.08. The molecule has 0 spiro atoms. The lowest BCUT2D eigenvalue weighted by Crippen LogP contribution is -2.32. The fourth-order valence-electron chi connectivity index (χ4n) is 3.08. The van der Waals surface area contributed by atoms with Crippen LogP contribution in [0.15, 0.2) is 54.6 Å². The van der Waals surface area contributed by atoms with Crippen LogP contribution in [0.2, 0.25) is 0 Å². The van der Waals surface area contributed by atoms with E-state index in [9.17, 15) is 4.79 Å². The van der Waals surface area contributed by atoms with Crippen LogP contribution in [0.3, 0.4) is 0 Å². The molecule has 1 aliphatic rings. The van der Waals surface area contributed by atoms with E-state index >= 15 is 0 Å². The molecular formula is C21H26N2O. The first-order valence-corrected chi connectivity index (χ1v) is 8.68. The molecule has 1 aliphatic carbocycles. The standard InChI is InChI=1S/C21H26N2O/c1-23(2)19-11-8-17(9-12-19)10-13-20(24)22-16-21(14-15-21)18-6-4-3-5-7-18/h3-9,11-12H,10,13-16H2,1-2H3,(H,22,24). The Morgan fingerprint density at radius 2 is 1.71 bits per heavy atom. The number of rotatable bonds is 7. The van der Waals surface area contributed by atoms with Gasteiger partial charge >= 0.3 is 0 Å². The lowest BCUT2D eigenvalue weighted by atomic mass is 9.96. The summed E-state index contributed by atoms with van der Waals surface area (Å²) in [6.45, 7) is 0.759. The number of carbonyl (C=O) groups excluding carboxylic acids is 1. The molecule has 1 fully saturated rings. The van der Waals surface area contributed by atoms with Gasteiger partial charge in [0.1, 0.15) is 0 Å². The number of carbonyl (C=O) groups is 1. The predicted octanol–water partition coefficient (Wildman–Crippen LogP) is 3.53. The van der Waals surface area contributed by atoms with E-state index in [1.54, 1.807) is 0 Å². The van der Waals surface area contributed by atoms with Gasteiger partial charge in [-0.25, -0.2) is 0 Å². The molecule has 3 rings (SSSR count). The van der Waals surface area contributed by atoms with Crippen molar-refractivity contribution < 1.29 is 4.79 Å². The number of hydrogen-bond donors (Lipinski definition) is 1. The Hall–Kier alpha value is -2.29. The van der Waals surface area contributed by atoms with Crippen LogP contribution in [-0.4, -0.2) is 26.5 Å². The van der Waals surface area contributed by atoms with Gasteiger partial charge in [-0.3, -0.25) is 4.79 Å². The maximum Gasteiger partial charge on any atom is 0.220 e. The summed E-state index contributed by atoms with van der Waals surface area (Å²) in [4.78, 5) is 14.3. The summed E-state index contributed by atoms with van der Waals surface area (Å²) >= 11 is 0. The van der Waals surface area contributed by atoms with Gasteiger partial charge in [0.15, 0.2) is 0 Å². The van der Waals surface area contributed by atoms with Gasteiger partial charge in [0.2, 0.25) is 5.91 Å². The van der Waals surface area contributed by atoms with Crippen molar-refractivity contribution in [3.8, 4) is 0 Å². The molecule has 3 heteroatoms. The number of benzene rings is 2. The Labute approximate surface area is 144 Å². The maximum absolute atomic E-state index is 12.2. The Morgan fingerprint density at radius 3 is 2.29 bits per heavy atom. The SMILES string of the molecule is CN(C)c1ccc(CCC(=O)NCC2(c3ccccc3)CC2)cc1. The number of hydrogen-bond acceptors (Lipinski definition) is 2. The van der Waals surface area contributed by atoms with E-state index in [-0.39, 0.29) is 11.3 Å². The average molecular weight is 322 g/mol. The molecule has 1 amide bonds. The van der Waals surface area contributed by atoms with Crippen molar-refractivity contribution in [1.82, 2.24) is 5.32 Å². The minimum Gasteiger partial charge on any atom is -0.378 e. The zero-order chi connectivity index (χ0) is 17.0. The number of nitrogens with one attached hydrogen (secondary N) is 1. The normalized spacial score (nSPS) is 14.9. The summed E-state index contributed by atoms with van der Waals surface area (Å²) in [5.41, 5.74) is 3.93. The van der Waals surface area contributed by atoms with Crippen molar-refractivity contribution in [3.05, 3.63) is 65.7 Å². The van der Waals surface area contributed by atoms with Crippen LogP contribution >= 0.6 is 0 Å². The summed E-state index contributed by atoms with van der Waals surface area (Å²) < 4.78 is 0. The van der Waals surface area contributed by atoms with Gasteiger partial charge in [-0.1, -0.05) is 42.5 Å². The molecular weight excluding hydrogens is 296 g/mol. The topological polar surface area (TPSA) is 32.3 Å². The minimum absolute atomic E-state index is 0.147. The molecule has 1 N–H and O–H groups in total. The fourth-order valence-corrected chi connectivity index (χ4v) is 3.08. The van der Waals surface area contributed by atoms with Crippen LogP contribution in [0, 0.1) is 0 Å². The van der Waals surface area contributed by atoms with E-state index < -0.39 is 0 Å².